The van der Waals surface area contributed by atoms with Crippen LogP contribution in [0.2, 0.25) is 5.02 Å². The van der Waals surface area contributed by atoms with Gasteiger partial charge in [-0.3, -0.25) is 0 Å². The standard InChI is InChI=1S/C15H12ClN/c1-10-4-2-5-11(8-10)15-9-12-13(16)6-3-7-14(12)17-15/h2-9,17H,1H3. The minimum atomic E-state index is 0.789. The number of halogens is 1. The minimum absolute atomic E-state index is 0.789. The van der Waals surface area contributed by atoms with E-state index in [0.717, 1.165) is 21.6 Å². The largest absolute Gasteiger partial charge is 0.354 e. The molecule has 0 unspecified atom stereocenters. The highest BCUT2D eigenvalue weighted by molar-refractivity contribution is 6.35. The Bertz CT molecular complexity index is 682. The number of aryl methyl sites for hydroxylation is 1. The van der Waals surface area contributed by atoms with Crippen molar-refractivity contribution >= 4 is 22.5 Å². The van der Waals surface area contributed by atoms with Crippen LogP contribution >= 0.6 is 11.6 Å². The van der Waals surface area contributed by atoms with Crippen LogP contribution in [0.3, 0.4) is 0 Å². The maximum absolute atomic E-state index is 6.17. The average molecular weight is 242 g/mol. The van der Waals surface area contributed by atoms with Gasteiger partial charge in [0, 0.05) is 21.6 Å². The third-order valence-corrected chi connectivity index (χ3v) is 3.27. The summed E-state index contributed by atoms with van der Waals surface area (Å²) < 4.78 is 0. The molecule has 0 fully saturated rings. The fourth-order valence-corrected chi connectivity index (χ4v) is 2.32. The van der Waals surface area contributed by atoms with Crippen LogP contribution < -0.4 is 0 Å². The zero-order valence-corrected chi connectivity index (χ0v) is 10.3. The number of benzene rings is 2. The monoisotopic (exact) mass is 241 g/mol. The van der Waals surface area contributed by atoms with Crippen molar-refractivity contribution in [3.05, 3.63) is 59.1 Å². The highest BCUT2D eigenvalue weighted by atomic mass is 35.5. The molecule has 3 rings (SSSR count). The second-order valence-electron chi connectivity index (χ2n) is 4.25. The van der Waals surface area contributed by atoms with Crippen LogP contribution in [0.15, 0.2) is 48.5 Å². The molecule has 0 aliphatic heterocycles. The van der Waals surface area contributed by atoms with Gasteiger partial charge >= 0.3 is 0 Å². The van der Waals surface area contributed by atoms with Gasteiger partial charge in [-0.2, -0.15) is 0 Å². The number of H-pyrrole nitrogens is 1. The molecule has 2 aromatic carbocycles. The van der Waals surface area contributed by atoms with E-state index in [0.29, 0.717) is 0 Å². The quantitative estimate of drug-likeness (QED) is 0.630. The molecule has 0 saturated carbocycles. The lowest BCUT2D eigenvalue weighted by atomic mass is 10.1. The lowest BCUT2D eigenvalue weighted by Crippen LogP contribution is -1.78. The van der Waals surface area contributed by atoms with Crippen LogP contribution in [0.25, 0.3) is 22.2 Å². The molecule has 1 aromatic heterocycles. The van der Waals surface area contributed by atoms with Gasteiger partial charge in [-0.1, -0.05) is 41.4 Å². The summed E-state index contributed by atoms with van der Waals surface area (Å²) in [5.41, 5.74) is 4.63. The Hall–Kier alpha value is -1.73. The summed E-state index contributed by atoms with van der Waals surface area (Å²) in [6.07, 6.45) is 0. The number of hydrogen-bond donors (Lipinski definition) is 1. The van der Waals surface area contributed by atoms with Crippen LogP contribution in [-0.4, -0.2) is 4.98 Å². The van der Waals surface area contributed by atoms with Crippen molar-refractivity contribution in [1.29, 1.82) is 0 Å². The van der Waals surface area contributed by atoms with Gasteiger partial charge in [0.2, 0.25) is 0 Å². The summed E-state index contributed by atoms with van der Waals surface area (Å²) >= 11 is 6.17. The fraction of sp³-hybridized carbons (Fsp3) is 0.0667. The van der Waals surface area contributed by atoms with Crippen molar-refractivity contribution in [2.75, 3.05) is 0 Å². The Kier molecular flexibility index (Phi) is 2.41. The summed E-state index contributed by atoms with van der Waals surface area (Å²) in [4.78, 5) is 3.40. The van der Waals surface area contributed by atoms with Gasteiger partial charge in [-0.05, 0) is 36.8 Å². The number of rotatable bonds is 1. The summed E-state index contributed by atoms with van der Waals surface area (Å²) in [5, 5.41) is 1.86. The zero-order chi connectivity index (χ0) is 11.8. The summed E-state index contributed by atoms with van der Waals surface area (Å²) in [7, 11) is 0. The number of fused-ring (bicyclic) bond motifs is 1. The summed E-state index contributed by atoms with van der Waals surface area (Å²) in [6, 6.07) is 16.5. The maximum Gasteiger partial charge on any atom is 0.0500 e. The molecule has 17 heavy (non-hydrogen) atoms. The lowest BCUT2D eigenvalue weighted by Gasteiger charge is -1.98. The van der Waals surface area contributed by atoms with E-state index in [4.69, 9.17) is 11.6 Å². The summed E-state index contributed by atoms with van der Waals surface area (Å²) in [5.74, 6) is 0. The first-order valence-corrected chi connectivity index (χ1v) is 5.96. The number of aromatic nitrogens is 1. The second kappa shape index (κ2) is 3.94. The van der Waals surface area contributed by atoms with E-state index in [2.05, 4.69) is 42.2 Å². The molecule has 0 bridgehead atoms. The molecule has 1 N–H and O–H groups in total. The Morgan fingerprint density at radius 1 is 1.00 bits per heavy atom. The molecule has 1 nitrogen and oxygen atoms in total. The Morgan fingerprint density at radius 2 is 1.82 bits per heavy atom. The fourth-order valence-electron chi connectivity index (χ4n) is 2.09. The number of nitrogens with one attached hydrogen (secondary N) is 1. The highest BCUT2D eigenvalue weighted by Crippen LogP contribution is 2.29. The van der Waals surface area contributed by atoms with Crippen molar-refractivity contribution in [3.63, 3.8) is 0 Å². The molecule has 0 aliphatic carbocycles. The molecule has 0 radical (unpaired) electrons. The predicted molar refractivity (Wildman–Crippen MR) is 73.5 cm³/mol. The second-order valence-corrected chi connectivity index (χ2v) is 4.66. The van der Waals surface area contributed by atoms with Crippen molar-refractivity contribution in [3.8, 4) is 11.3 Å². The van der Waals surface area contributed by atoms with Gasteiger partial charge in [-0.25, -0.2) is 0 Å². The smallest absolute Gasteiger partial charge is 0.0500 e. The zero-order valence-electron chi connectivity index (χ0n) is 9.50. The number of hydrogen-bond acceptors (Lipinski definition) is 0. The first-order valence-electron chi connectivity index (χ1n) is 5.58. The molecule has 0 atom stereocenters. The van der Waals surface area contributed by atoms with Crippen molar-refractivity contribution in [2.24, 2.45) is 0 Å². The molecule has 2 heteroatoms. The molecule has 84 valence electrons. The molecule has 0 spiro atoms. The van der Waals surface area contributed by atoms with Gasteiger partial charge < -0.3 is 4.98 Å². The third kappa shape index (κ3) is 1.83. The van der Waals surface area contributed by atoms with E-state index in [1.807, 2.05) is 18.2 Å². The van der Waals surface area contributed by atoms with E-state index >= 15 is 0 Å². The molecular weight excluding hydrogens is 230 g/mol. The van der Waals surface area contributed by atoms with E-state index in [9.17, 15) is 0 Å². The van der Waals surface area contributed by atoms with Gasteiger partial charge in [0.15, 0.2) is 0 Å². The molecule has 3 aromatic rings. The van der Waals surface area contributed by atoms with E-state index < -0.39 is 0 Å². The Balaban J connectivity index is 2.22. The van der Waals surface area contributed by atoms with Crippen LogP contribution in [-0.2, 0) is 0 Å². The average Bonchev–Trinajstić information content (AvgIpc) is 2.74. The van der Waals surface area contributed by atoms with Crippen molar-refractivity contribution in [2.45, 2.75) is 6.92 Å². The Labute approximate surface area is 105 Å². The highest BCUT2D eigenvalue weighted by Gasteiger charge is 2.05. The molecule has 0 amide bonds. The summed E-state index contributed by atoms with van der Waals surface area (Å²) in [6.45, 7) is 2.10. The first kappa shape index (κ1) is 10.4. The van der Waals surface area contributed by atoms with Crippen LogP contribution in [0, 0.1) is 6.92 Å². The molecule has 1 heterocycles. The number of aromatic amines is 1. The topological polar surface area (TPSA) is 15.8 Å². The first-order chi connectivity index (χ1) is 8.24. The third-order valence-electron chi connectivity index (χ3n) is 2.94. The van der Waals surface area contributed by atoms with Gasteiger partial charge in [0.05, 0.1) is 0 Å². The van der Waals surface area contributed by atoms with E-state index in [-0.39, 0.29) is 0 Å². The lowest BCUT2D eigenvalue weighted by molar-refractivity contribution is 1.42. The SMILES string of the molecule is Cc1cccc(-c2cc3c(Cl)cccc3[nH]2)c1. The van der Waals surface area contributed by atoms with Gasteiger partial charge in [0.1, 0.15) is 0 Å². The normalized spacial score (nSPS) is 10.9. The van der Waals surface area contributed by atoms with Gasteiger partial charge in [0.25, 0.3) is 0 Å². The van der Waals surface area contributed by atoms with Gasteiger partial charge in [-0.15, -0.1) is 0 Å². The molecule has 0 saturated heterocycles. The van der Waals surface area contributed by atoms with Crippen molar-refractivity contribution in [1.82, 2.24) is 4.98 Å². The van der Waals surface area contributed by atoms with Crippen LogP contribution in [0.5, 0.6) is 0 Å². The Morgan fingerprint density at radius 3 is 2.59 bits per heavy atom. The minimum Gasteiger partial charge on any atom is -0.354 e. The molecular formula is C15H12ClN. The van der Waals surface area contributed by atoms with E-state index in [1.54, 1.807) is 0 Å². The van der Waals surface area contributed by atoms with Crippen LogP contribution in [0.1, 0.15) is 5.56 Å². The predicted octanol–water partition coefficient (Wildman–Crippen LogP) is 4.80. The maximum atomic E-state index is 6.17. The van der Waals surface area contributed by atoms with E-state index in [1.165, 1.54) is 11.1 Å². The molecule has 0 aliphatic rings. The van der Waals surface area contributed by atoms with Crippen LogP contribution in [0.4, 0.5) is 0 Å². The van der Waals surface area contributed by atoms with Crippen molar-refractivity contribution < 1.29 is 0 Å².